The first-order valence-electron chi connectivity index (χ1n) is 6.29. The predicted molar refractivity (Wildman–Crippen MR) is 65.9 cm³/mol. The third kappa shape index (κ3) is 4.60. The first-order valence-corrected chi connectivity index (χ1v) is 6.29. The van der Waals surface area contributed by atoms with E-state index in [9.17, 15) is 14.4 Å². The van der Waals surface area contributed by atoms with Crippen LogP contribution in [-0.4, -0.2) is 42.6 Å². The van der Waals surface area contributed by atoms with E-state index in [-0.39, 0.29) is 12.5 Å². The number of esters is 1. The lowest BCUT2D eigenvalue weighted by Crippen LogP contribution is -2.46. The van der Waals surface area contributed by atoms with Gasteiger partial charge in [0.05, 0.1) is 12.6 Å². The first kappa shape index (κ1) is 15.6. The molecule has 108 valence electrons. The molecule has 0 aromatic carbocycles. The molecule has 0 bridgehead atoms. The van der Waals surface area contributed by atoms with Gasteiger partial charge in [-0.1, -0.05) is 13.8 Å². The van der Waals surface area contributed by atoms with E-state index in [0.29, 0.717) is 6.42 Å². The fourth-order valence-corrected chi connectivity index (χ4v) is 1.62. The molecule has 0 aromatic rings. The molecule has 1 fully saturated rings. The van der Waals surface area contributed by atoms with Gasteiger partial charge < -0.3 is 15.2 Å². The molecule has 1 rings (SSSR count). The molecule has 19 heavy (non-hydrogen) atoms. The summed E-state index contributed by atoms with van der Waals surface area (Å²) in [4.78, 5) is 34.4. The summed E-state index contributed by atoms with van der Waals surface area (Å²) in [7, 11) is 0. The number of rotatable bonds is 6. The van der Waals surface area contributed by atoms with Crippen LogP contribution in [0, 0.1) is 5.92 Å². The Morgan fingerprint density at radius 1 is 1.32 bits per heavy atom. The highest BCUT2D eigenvalue weighted by molar-refractivity contribution is 6.03. The molecule has 0 radical (unpaired) electrons. The van der Waals surface area contributed by atoms with Gasteiger partial charge >= 0.3 is 5.97 Å². The molecule has 0 aliphatic carbocycles. The summed E-state index contributed by atoms with van der Waals surface area (Å²) in [6, 6.07) is -0.747. The molecule has 3 atom stereocenters. The Labute approximate surface area is 111 Å². The highest BCUT2D eigenvalue weighted by Gasteiger charge is 2.52. The number of amides is 2. The van der Waals surface area contributed by atoms with Gasteiger partial charge in [0.2, 0.25) is 5.91 Å². The summed E-state index contributed by atoms with van der Waals surface area (Å²) in [5.74, 6) is -1.55. The number of carbonyl (C=O) groups is 3. The molecule has 7 heteroatoms. The molecular weight excluding hydrogens is 252 g/mol. The summed E-state index contributed by atoms with van der Waals surface area (Å²) in [6.45, 7) is 5.72. The number of imide groups is 1. The van der Waals surface area contributed by atoms with Crippen LogP contribution in [0.1, 0.15) is 27.2 Å². The molecule has 1 aliphatic heterocycles. The quantitative estimate of drug-likeness (QED) is 0.490. The van der Waals surface area contributed by atoms with Crippen LogP contribution >= 0.6 is 0 Å². The van der Waals surface area contributed by atoms with E-state index in [1.165, 1.54) is 0 Å². The van der Waals surface area contributed by atoms with Crippen molar-refractivity contribution in [1.82, 2.24) is 5.32 Å². The smallest absolute Gasteiger partial charge is 0.338 e. The molecule has 2 amide bonds. The maximum atomic E-state index is 11.6. The number of hydrogen-bond acceptors (Lipinski definition) is 6. The molecule has 3 N–H and O–H groups in total. The van der Waals surface area contributed by atoms with E-state index >= 15 is 0 Å². The topological polar surface area (TPSA) is 111 Å². The standard InChI is InChI=1S/C12H20N2O5/c1-4-18-12(17)9-8(19-9)11(16)14-10(15)7(13)5-6(2)3/h6-9H,4-5,13H2,1-3H3,(H,14,15,16)/t7-,8?,9?/m0/s1. The van der Waals surface area contributed by atoms with Crippen molar-refractivity contribution in [3.63, 3.8) is 0 Å². The number of nitrogens with two attached hydrogens (primary N) is 1. The van der Waals surface area contributed by atoms with Crippen LogP contribution in [0.4, 0.5) is 0 Å². The van der Waals surface area contributed by atoms with E-state index < -0.39 is 36.0 Å². The molecule has 1 saturated heterocycles. The van der Waals surface area contributed by atoms with Gasteiger partial charge in [-0.2, -0.15) is 0 Å². The molecule has 7 nitrogen and oxygen atoms in total. The van der Waals surface area contributed by atoms with Crippen LogP contribution in [0.3, 0.4) is 0 Å². The zero-order valence-corrected chi connectivity index (χ0v) is 11.3. The first-order chi connectivity index (χ1) is 8.86. The molecule has 1 aliphatic rings. The number of ether oxygens (including phenoxy) is 2. The zero-order chi connectivity index (χ0) is 14.6. The third-order valence-electron chi connectivity index (χ3n) is 2.58. The fraction of sp³-hybridized carbons (Fsp3) is 0.750. The fourth-order valence-electron chi connectivity index (χ4n) is 1.62. The van der Waals surface area contributed by atoms with Crippen LogP contribution in [0.5, 0.6) is 0 Å². The third-order valence-corrected chi connectivity index (χ3v) is 2.58. The highest BCUT2D eigenvalue weighted by Crippen LogP contribution is 2.23. The maximum absolute atomic E-state index is 11.6. The van der Waals surface area contributed by atoms with Gasteiger partial charge in [0, 0.05) is 0 Å². The maximum Gasteiger partial charge on any atom is 0.338 e. The lowest BCUT2D eigenvalue weighted by molar-refractivity contribution is -0.144. The SMILES string of the molecule is CCOC(=O)C1OC1C(=O)NC(=O)[C@@H](N)CC(C)C. The minimum Gasteiger partial charge on any atom is -0.464 e. The van der Waals surface area contributed by atoms with Crippen LogP contribution in [0.15, 0.2) is 0 Å². The van der Waals surface area contributed by atoms with Crippen molar-refractivity contribution in [2.75, 3.05) is 6.61 Å². The Hall–Kier alpha value is -1.47. The Kier molecular flexibility index (Phi) is 5.44. The van der Waals surface area contributed by atoms with E-state index in [4.69, 9.17) is 15.2 Å². The lowest BCUT2D eigenvalue weighted by atomic mass is 10.0. The molecule has 0 saturated carbocycles. The van der Waals surface area contributed by atoms with Gasteiger partial charge in [0.1, 0.15) is 0 Å². The molecule has 2 unspecified atom stereocenters. The van der Waals surface area contributed by atoms with E-state index in [2.05, 4.69) is 5.32 Å². The van der Waals surface area contributed by atoms with Gasteiger partial charge in [-0.15, -0.1) is 0 Å². The zero-order valence-electron chi connectivity index (χ0n) is 11.3. The van der Waals surface area contributed by atoms with Crippen LogP contribution in [-0.2, 0) is 23.9 Å². The van der Waals surface area contributed by atoms with Crippen molar-refractivity contribution < 1.29 is 23.9 Å². The van der Waals surface area contributed by atoms with Crippen molar-refractivity contribution >= 4 is 17.8 Å². The van der Waals surface area contributed by atoms with Crippen LogP contribution in [0.25, 0.3) is 0 Å². The summed E-state index contributed by atoms with van der Waals surface area (Å²) < 4.78 is 9.57. The second-order valence-corrected chi connectivity index (χ2v) is 4.82. The number of epoxide rings is 1. The number of nitrogens with one attached hydrogen (secondary N) is 1. The number of hydrogen-bond donors (Lipinski definition) is 2. The monoisotopic (exact) mass is 272 g/mol. The van der Waals surface area contributed by atoms with Crippen molar-refractivity contribution in [3.05, 3.63) is 0 Å². The normalized spacial score (nSPS) is 22.8. The average molecular weight is 272 g/mol. The number of carbonyl (C=O) groups excluding carboxylic acids is 3. The van der Waals surface area contributed by atoms with Crippen molar-refractivity contribution in [2.45, 2.75) is 45.4 Å². The summed E-state index contributed by atoms with van der Waals surface area (Å²) in [5.41, 5.74) is 5.63. The average Bonchev–Trinajstić information content (AvgIpc) is 3.08. The van der Waals surface area contributed by atoms with Crippen molar-refractivity contribution in [2.24, 2.45) is 11.7 Å². The second kappa shape index (κ2) is 6.63. The second-order valence-electron chi connectivity index (χ2n) is 4.82. The lowest BCUT2D eigenvalue weighted by Gasteiger charge is -2.12. The van der Waals surface area contributed by atoms with E-state index in [0.717, 1.165) is 0 Å². The van der Waals surface area contributed by atoms with E-state index in [1.807, 2.05) is 13.8 Å². The highest BCUT2D eigenvalue weighted by atomic mass is 16.6. The Balaban J connectivity index is 2.37. The summed E-state index contributed by atoms with van der Waals surface area (Å²) in [5, 5.41) is 2.14. The molecule has 1 heterocycles. The van der Waals surface area contributed by atoms with Gasteiger partial charge in [-0.3, -0.25) is 14.9 Å². The van der Waals surface area contributed by atoms with Gasteiger partial charge in [-0.25, -0.2) is 4.79 Å². The molecule has 0 aromatic heterocycles. The van der Waals surface area contributed by atoms with Crippen molar-refractivity contribution in [3.8, 4) is 0 Å². The summed E-state index contributed by atoms with van der Waals surface area (Å²) in [6.07, 6.45) is -1.38. The molecule has 0 spiro atoms. The Morgan fingerprint density at radius 2 is 1.95 bits per heavy atom. The largest absolute Gasteiger partial charge is 0.464 e. The Morgan fingerprint density at radius 3 is 2.47 bits per heavy atom. The predicted octanol–water partition coefficient (Wildman–Crippen LogP) is -0.667. The van der Waals surface area contributed by atoms with E-state index in [1.54, 1.807) is 6.92 Å². The summed E-state index contributed by atoms with van der Waals surface area (Å²) >= 11 is 0. The molecular formula is C12H20N2O5. The Bertz CT molecular complexity index is 369. The van der Waals surface area contributed by atoms with Crippen LogP contribution in [0.2, 0.25) is 0 Å². The van der Waals surface area contributed by atoms with Gasteiger partial charge in [-0.05, 0) is 19.3 Å². The van der Waals surface area contributed by atoms with Gasteiger partial charge in [0.25, 0.3) is 5.91 Å². The minimum absolute atomic E-state index is 0.214. The van der Waals surface area contributed by atoms with Crippen LogP contribution < -0.4 is 11.1 Å². The van der Waals surface area contributed by atoms with Gasteiger partial charge in [0.15, 0.2) is 12.2 Å². The van der Waals surface area contributed by atoms with Crippen molar-refractivity contribution in [1.29, 1.82) is 0 Å². The minimum atomic E-state index is -0.950.